The molecule has 0 bridgehead atoms. The van der Waals surface area contributed by atoms with Crippen LogP contribution in [0.15, 0.2) is 127 Å². The van der Waals surface area contributed by atoms with Gasteiger partial charge in [0, 0.05) is 5.02 Å². The van der Waals surface area contributed by atoms with Crippen molar-refractivity contribution in [2.75, 3.05) is 0 Å². The summed E-state index contributed by atoms with van der Waals surface area (Å²) in [6.45, 7) is 0. The van der Waals surface area contributed by atoms with Gasteiger partial charge in [0.15, 0.2) is 0 Å². The summed E-state index contributed by atoms with van der Waals surface area (Å²) in [4.78, 5) is 0. The average molecular weight is 441 g/mol. The molecule has 0 aliphatic carbocycles. The summed E-state index contributed by atoms with van der Waals surface area (Å²) >= 11 is 6.68. The molecule has 0 fully saturated rings. The van der Waals surface area contributed by atoms with Gasteiger partial charge in [-0.05, 0) is 73.1 Å². The topological polar surface area (TPSA) is 0 Å². The van der Waals surface area contributed by atoms with E-state index in [1.165, 1.54) is 32.7 Å². The van der Waals surface area contributed by atoms with Crippen molar-refractivity contribution in [2.24, 2.45) is 0 Å². The van der Waals surface area contributed by atoms with Gasteiger partial charge in [-0.15, -0.1) is 0 Å². The molecule has 0 aromatic heterocycles. The molecule has 6 aromatic carbocycles. The minimum Gasteiger partial charge on any atom is -0.0843 e. The molecule has 0 atom stereocenters. The molecule has 0 nitrogen and oxygen atoms in total. The highest BCUT2D eigenvalue weighted by Gasteiger charge is 2.16. The van der Waals surface area contributed by atoms with Crippen molar-refractivity contribution < 1.29 is 0 Å². The highest BCUT2D eigenvalue weighted by Crippen LogP contribution is 2.43. The molecule has 0 saturated carbocycles. The number of hydrogen-bond donors (Lipinski definition) is 0. The van der Waals surface area contributed by atoms with E-state index < -0.39 is 0 Å². The molecule has 1 heteroatoms. The zero-order chi connectivity index (χ0) is 22.2. The molecule has 0 saturated heterocycles. The van der Waals surface area contributed by atoms with E-state index >= 15 is 0 Å². The first kappa shape index (κ1) is 19.8. The van der Waals surface area contributed by atoms with E-state index in [1.807, 2.05) is 12.1 Å². The van der Waals surface area contributed by atoms with Crippen LogP contribution in [-0.4, -0.2) is 0 Å². The van der Waals surface area contributed by atoms with Gasteiger partial charge in [0.25, 0.3) is 0 Å². The molecule has 6 aromatic rings. The molecule has 0 N–H and O–H groups in total. The summed E-state index contributed by atoms with van der Waals surface area (Å²) in [5, 5.41) is 5.77. The normalized spacial score (nSPS) is 11.2. The van der Waals surface area contributed by atoms with Crippen LogP contribution in [0.3, 0.4) is 0 Å². The van der Waals surface area contributed by atoms with Crippen LogP contribution in [0.25, 0.3) is 54.9 Å². The smallest absolute Gasteiger partial charge is 0.0418 e. The van der Waals surface area contributed by atoms with Crippen molar-refractivity contribution in [1.29, 1.82) is 0 Å². The van der Waals surface area contributed by atoms with Crippen LogP contribution in [0, 0.1) is 0 Å². The Morgan fingerprint density at radius 3 is 1.55 bits per heavy atom. The van der Waals surface area contributed by atoms with Gasteiger partial charge >= 0.3 is 0 Å². The zero-order valence-electron chi connectivity index (χ0n) is 18.0. The van der Waals surface area contributed by atoms with Crippen molar-refractivity contribution in [3.63, 3.8) is 0 Å². The number of halogens is 1. The monoisotopic (exact) mass is 440 g/mol. The first-order chi connectivity index (χ1) is 16.3. The molecule has 6 rings (SSSR count). The maximum atomic E-state index is 6.68. The maximum absolute atomic E-state index is 6.68. The Labute approximate surface area is 198 Å². The molecule has 0 aliphatic rings. The third-order valence-corrected chi connectivity index (χ3v) is 6.53. The highest BCUT2D eigenvalue weighted by molar-refractivity contribution is 6.31. The Kier molecular flexibility index (Phi) is 4.94. The van der Waals surface area contributed by atoms with Crippen LogP contribution in [0.2, 0.25) is 5.02 Å². The lowest BCUT2D eigenvalue weighted by molar-refractivity contribution is 1.57. The molecule has 156 valence electrons. The lowest BCUT2D eigenvalue weighted by atomic mass is 9.86. The standard InChI is InChI=1S/C32H21Cl/c33-27-20-30(22-9-3-1-4-10-22)32(31(21-27)23-11-5-2-6-12-23)26-18-17-25-16-15-24-13-7-8-14-28(24)29(25)19-26/h1-21H. The van der Waals surface area contributed by atoms with Crippen molar-refractivity contribution >= 4 is 33.1 Å². The number of fused-ring (bicyclic) bond motifs is 3. The quantitative estimate of drug-likeness (QED) is 0.240. The molecule has 0 amide bonds. The summed E-state index contributed by atoms with van der Waals surface area (Å²) in [5.41, 5.74) is 6.98. The largest absolute Gasteiger partial charge is 0.0843 e. The summed E-state index contributed by atoms with van der Waals surface area (Å²) < 4.78 is 0. The van der Waals surface area contributed by atoms with Gasteiger partial charge in [-0.3, -0.25) is 0 Å². The van der Waals surface area contributed by atoms with Crippen LogP contribution in [0.1, 0.15) is 0 Å². The van der Waals surface area contributed by atoms with E-state index in [0.29, 0.717) is 0 Å². The highest BCUT2D eigenvalue weighted by atomic mass is 35.5. The van der Waals surface area contributed by atoms with Crippen molar-refractivity contribution in [1.82, 2.24) is 0 Å². The fraction of sp³-hybridized carbons (Fsp3) is 0. The average Bonchev–Trinajstić information content (AvgIpc) is 2.89. The lowest BCUT2D eigenvalue weighted by Crippen LogP contribution is -1.92. The predicted octanol–water partition coefficient (Wildman–Crippen LogP) is 9.65. The Bertz CT molecular complexity index is 1540. The summed E-state index contributed by atoms with van der Waals surface area (Å²) in [5.74, 6) is 0. The van der Waals surface area contributed by atoms with Crippen LogP contribution in [0.5, 0.6) is 0 Å². The number of hydrogen-bond acceptors (Lipinski definition) is 0. The van der Waals surface area contributed by atoms with Crippen molar-refractivity contribution in [2.45, 2.75) is 0 Å². The minimum atomic E-state index is 0.739. The van der Waals surface area contributed by atoms with E-state index in [2.05, 4.69) is 115 Å². The second-order valence-corrected chi connectivity index (χ2v) is 8.77. The predicted molar refractivity (Wildman–Crippen MR) is 143 cm³/mol. The third-order valence-electron chi connectivity index (χ3n) is 6.31. The molecular formula is C32H21Cl. The molecule has 33 heavy (non-hydrogen) atoms. The Morgan fingerprint density at radius 2 is 0.909 bits per heavy atom. The molecule has 0 unspecified atom stereocenters. The van der Waals surface area contributed by atoms with Gasteiger partial charge in [-0.1, -0.05) is 121 Å². The first-order valence-electron chi connectivity index (χ1n) is 11.1. The molecule has 0 spiro atoms. The molecule has 0 aliphatic heterocycles. The van der Waals surface area contributed by atoms with E-state index in [0.717, 1.165) is 27.3 Å². The van der Waals surface area contributed by atoms with Gasteiger partial charge in [-0.2, -0.15) is 0 Å². The maximum Gasteiger partial charge on any atom is 0.0418 e. The van der Waals surface area contributed by atoms with Crippen LogP contribution in [-0.2, 0) is 0 Å². The van der Waals surface area contributed by atoms with E-state index in [9.17, 15) is 0 Å². The first-order valence-corrected chi connectivity index (χ1v) is 11.5. The van der Waals surface area contributed by atoms with E-state index in [1.54, 1.807) is 0 Å². The van der Waals surface area contributed by atoms with Gasteiger partial charge in [-0.25, -0.2) is 0 Å². The van der Waals surface area contributed by atoms with E-state index in [-0.39, 0.29) is 0 Å². The van der Waals surface area contributed by atoms with Crippen molar-refractivity contribution in [3.05, 3.63) is 132 Å². The molecular weight excluding hydrogens is 420 g/mol. The van der Waals surface area contributed by atoms with Crippen LogP contribution in [0.4, 0.5) is 0 Å². The van der Waals surface area contributed by atoms with Crippen LogP contribution >= 0.6 is 11.6 Å². The van der Waals surface area contributed by atoms with Gasteiger partial charge < -0.3 is 0 Å². The summed E-state index contributed by atoms with van der Waals surface area (Å²) in [6, 6.07) is 45.0. The second-order valence-electron chi connectivity index (χ2n) is 8.33. The Balaban J connectivity index is 1.71. The third kappa shape index (κ3) is 3.59. The number of rotatable bonds is 3. The Hall–Kier alpha value is -3.87. The van der Waals surface area contributed by atoms with Gasteiger partial charge in [0.05, 0.1) is 0 Å². The van der Waals surface area contributed by atoms with Gasteiger partial charge in [0.2, 0.25) is 0 Å². The van der Waals surface area contributed by atoms with Crippen molar-refractivity contribution in [3.8, 4) is 33.4 Å². The fourth-order valence-corrected chi connectivity index (χ4v) is 4.98. The second kappa shape index (κ2) is 8.24. The van der Waals surface area contributed by atoms with E-state index in [4.69, 9.17) is 11.6 Å². The molecule has 0 heterocycles. The SMILES string of the molecule is Clc1cc(-c2ccccc2)c(-c2ccc3ccc4ccccc4c3c2)c(-c2ccccc2)c1. The molecule has 0 radical (unpaired) electrons. The van der Waals surface area contributed by atoms with Gasteiger partial charge in [0.1, 0.15) is 0 Å². The number of benzene rings is 6. The lowest BCUT2D eigenvalue weighted by Gasteiger charge is -2.18. The Morgan fingerprint density at radius 1 is 0.394 bits per heavy atom. The van der Waals surface area contributed by atoms with Crippen LogP contribution < -0.4 is 0 Å². The minimum absolute atomic E-state index is 0.739. The fourth-order valence-electron chi connectivity index (χ4n) is 4.77. The zero-order valence-corrected chi connectivity index (χ0v) is 18.8. The summed E-state index contributed by atoms with van der Waals surface area (Å²) in [7, 11) is 0. The summed E-state index contributed by atoms with van der Waals surface area (Å²) in [6.07, 6.45) is 0.